The third-order valence-electron chi connectivity index (χ3n) is 6.58. The van der Waals surface area contributed by atoms with Gasteiger partial charge in [0, 0.05) is 51.4 Å². The van der Waals surface area contributed by atoms with Crippen molar-refractivity contribution in [2.45, 2.75) is 91.1 Å². The number of hydrogen-bond acceptors (Lipinski definition) is 6. The lowest BCUT2D eigenvalue weighted by atomic mass is 10.1. The summed E-state index contributed by atoms with van der Waals surface area (Å²) in [5, 5.41) is 11.0. The Kier molecular flexibility index (Phi) is 17.9. The van der Waals surface area contributed by atoms with E-state index in [9.17, 15) is 9.59 Å². The van der Waals surface area contributed by atoms with E-state index in [0.29, 0.717) is 13.1 Å². The van der Waals surface area contributed by atoms with Crippen LogP contribution in [0.1, 0.15) is 79.1 Å². The quantitative estimate of drug-likeness (QED) is 0.0995. The van der Waals surface area contributed by atoms with Gasteiger partial charge in [0.15, 0.2) is 11.9 Å². The highest BCUT2D eigenvalue weighted by Gasteiger charge is 2.16. The van der Waals surface area contributed by atoms with Crippen LogP contribution in [-0.2, 0) is 0 Å². The average molecular weight is 539 g/mol. The van der Waals surface area contributed by atoms with E-state index in [1.165, 1.54) is 12.8 Å². The van der Waals surface area contributed by atoms with Crippen LogP contribution >= 0.6 is 0 Å². The fourth-order valence-electron chi connectivity index (χ4n) is 4.24. The number of nitrogens with two attached hydrogens (primary N) is 2. The minimum absolute atomic E-state index is 0.109. The highest BCUT2D eigenvalue weighted by Crippen LogP contribution is 2.04. The Morgan fingerprint density at radius 1 is 0.711 bits per heavy atom. The Balaban J connectivity index is 2.18. The summed E-state index contributed by atoms with van der Waals surface area (Å²) in [6, 6.07) is -0.394. The van der Waals surface area contributed by atoms with Gasteiger partial charge in [0.1, 0.15) is 0 Å². The van der Waals surface area contributed by atoms with Crippen LogP contribution in [0, 0.1) is 0 Å². The van der Waals surface area contributed by atoms with Crippen molar-refractivity contribution >= 4 is 24.0 Å². The summed E-state index contributed by atoms with van der Waals surface area (Å²) in [6.07, 6.45) is 8.78. The molecule has 12 nitrogen and oxygen atoms in total. The monoisotopic (exact) mass is 538 g/mol. The number of amides is 4. The van der Waals surface area contributed by atoms with Gasteiger partial charge in [-0.3, -0.25) is 30.4 Å². The molecule has 0 aromatic heterocycles. The molecule has 1 fully saturated rings. The van der Waals surface area contributed by atoms with Crippen molar-refractivity contribution in [3.63, 3.8) is 0 Å². The number of unbranched alkanes of at least 4 members (excludes halogenated alkanes) is 4. The largest absolute Gasteiger partial charge is 0.370 e. The molecular formula is C26H54N10O2. The normalized spacial score (nSPS) is 17.1. The van der Waals surface area contributed by atoms with Crippen molar-refractivity contribution in [1.82, 2.24) is 31.1 Å². The molecule has 2 unspecified atom stereocenters. The maximum atomic E-state index is 12.0. The van der Waals surface area contributed by atoms with Crippen molar-refractivity contribution in [2.75, 3.05) is 52.4 Å². The molecule has 0 spiro atoms. The van der Waals surface area contributed by atoms with Crippen LogP contribution in [0.25, 0.3) is 0 Å². The number of urea groups is 2. The first-order chi connectivity index (χ1) is 18.2. The first-order valence-electron chi connectivity index (χ1n) is 14.4. The van der Waals surface area contributed by atoms with Gasteiger partial charge in [-0.05, 0) is 26.7 Å². The smallest absolute Gasteiger partial charge is 0.321 e. The number of carbonyl (C=O) groups excluding carboxylic acids is 2. The van der Waals surface area contributed by atoms with Crippen LogP contribution in [0.3, 0.4) is 0 Å². The molecule has 0 saturated carbocycles. The maximum Gasteiger partial charge on any atom is 0.321 e. The van der Waals surface area contributed by atoms with Gasteiger partial charge in [-0.2, -0.15) is 0 Å². The fourth-order valence-corrected chi connectivity index (χ4v) is 4.24. The highest BCUT2D eigenvalue weighted by molar-refractivity contribution is 5.95. The summed E-state index contributed by atoms with van der Waals surface area (Å²) in [6.45, 7) is 14.6. The Bertz CT molecular complexity index is 663. The SMILES string of the molecule is CCCCCC(C)NC(=O)NC(N)=NCCN1CCN(CCN=C(N)NC(=O)NC(C)CCCCC)CC1. The van der Waals surface area contributed by atoms with Crippen LogP contribution in [0.4, 0.5) is 9.59 Å². The predicted octanol–water partition coefficient (Wildman–Crippen LogP) is 1.77. The molecule has 38 heavy (non-hydrogen) atoms. The summed E-state index contributed by atoms with van der Waals surface area (Å²) in [4.78, 5) is 37.3. The molecule has 12 heteroatoms. The lowest BCUT2D eigenvalue weighted by Gasteiger charge is -2.34. The molecule has 0 aromatic carbocycles. The summed E-state index contributed by atoms with van der Waals surface area (Å²) in [7, 11) is 0. The van der Waals surface area contributed by atoms with E-state index in [1.54, 1.807) is 0 Å². The third kappa shape index (κ3) is 17.0. The van der Waals surface area contributed by atoms with Crippen molar-refractivity contribution < 1.29 is 9.59 Å². The summed E-state index contributed by atoms with van der Waals surface area (Å²) < 4.78 is 0. The van der Waals surface area contributed by atoms with Gasteiger partial charge in [0.2, 0.25) is 0 Å². The van der Waals surface area contributed by atoms with Crippen LogP contribution in [0.15, 0.2) is 9.98 Å². The van der Waals surface area contributed by atoms with Crippen LogP contribution in [0.2, 0.25) is 0 Å². The number of rotatable bonds is 16. The van der Waals surface area contributed by atoms with E-state index in [-0.39, 0.29) is 36.1 Å². The minimum Gasteiger partial charge on any atom is -0.370 e. The molecule has 1 heterocycles. The van der Waals surface area contributed by atoms with Crippen LogP contribution in [-0.4, -0.2) is 98.2 Å². The van der Waals surface area contributed by atoms with Gasteiger partial charge in [0.05, 0.1) is 13.1 Å². The number of hydrogen-bond donors (Lipinski definition) is 6. The second-order valence-corrected chi connectivity index (χ2v) is 10.2. The zero-order chi connectivity index (χ0) is 28.2. The Hall–Kier alpha value is -2.60. The van der Waals surface area contributed by atoms with E-state index in [2.05, 4.69) is 54.9 Å². The maximum absolute atomic E-state index is 12.0. The Morgan fingerprint density at radius 2 is 1.08 bits per heavy atom. The molecule has 1 rings (SSSR count). The Labute approximate surface area is 229 Å². The molecular weight excluding hydrogens is 484 g/mol. The van der Waals surface area contributed by atoms with Gasteiger partial charge in [0.25, 0.3) is 0 Å². The van der Waals surface area contributed by atoms with Gasteiger partial charge < -0.3 is 22.1 Å². The van der Waals surface area contributed by atoms with Crippen LogP contribution < -0.4 is 32.7 Å². The lowest BCUT2D eigenvalue weighted by molar-refractivity contribution is 0.138. The van der Waals surface area contributed by atoms with Crippen molar-refractivity contribution in [3.8, 4) is 0 Å². The summed E-state index contributed by atoms with van der Waals surface area (Å²) >= 11 is 0. The molecule has 0 aliphatic carbocycles. The summed E-state index contributed by atoms with van der Waals surface area (Å²) in [5.74, 6) is 0.288. The molecule has 8 N–H and O–H groups in total. The van der Waals surface area contributed by atoms with E-state index in [1.807, 2.05) is 13.8 Å². The number of piperazine rings is 1. The molecule has 220 valence electrons. The second kappa shape index (κ2) is 20.4. The molecule has 0 bridgehead atoms. The van der Waals surface area contributed by atoms with Crippen molar-refractivity contribution in [3.05, 3.63) is 0 Å². The average Bonchev–Trinajstić information content (AvgIpc) is 2.85. The van der Waals surface area contributed by atoms with E-state index in [4.69, 9.17) is 11.5 Å². The molecule has 1 aliphatic rings. The number of aliphatic imine (C=N–C) groups is 2. The van der Waals surface area contributed by atoms with Crippen molar-refractivity contribution in [1.29, 1.82) is 0 Å². The molecule has 0 aromatic rings. The molecule has 0 radical (unpaired) electrons. The highest BCUT2D eigenvalue weighted by atomic mass is 16.2. The Morgan fingerprint density at radius 3 is 1.42 bits per heavy atom. The molecule has 4 amide bonds. The van der Waals surface area contributed by atoms with Gasteiger partial charge in [-0.15, -0.1) is 0 Å². The van der Waals surface area contributed by atoms with Gasteiger partial charge in [-0.1, -0.05) is 52.4 Å². The second-order valence-electron chi connectivity index (χ2n) is 10.2. The first-order valence-corrected chi connectivity index (χ1v) is 14.4. The van der Waals surface area contributed by atoms with E-state index < -0.39 is 0 Å². The first kappa shape index (κ1) is 33.4. The number of nitrogens with zero attached hydrogens (tertiary/aromatic N) is 4. The van der Waals surface area contributed by atoms with Gasteiger partial charge >= 0.3 is 12.1 Å². The molecule has 2 atom stereocenters. The third-order valence-corrected chi connectivity index (χ3v) is 6.58. The van der Waals surface area contributed by atoms with Crippen molar-refractivity contribution in [2.24, 2.45) is 21.5 Å². The fraction of sp³-hybridized carbons (Fsp3) is 0.846. The zero-order valence-electron chi connectivity index (χ0n) is 24.2. The number of nitrogens with one attached hydrogen (secondary N) is 4. The van der Waals surface area contributed by atoms with E-state index >= 15 is 0 Å². The lowest BCUT2D eigenvalue weighted by Crippen LogP contribution is -2.49. The topological polar surface area (TPSA) is 165 Å². The predicted molar refractivity (Wildman–Crippen MR) is 156 cm³/mol. The van der Waals surface area contributed by atoms with E-state index in [0.717, 1.165) is 77.8 Å². The zero-order valence-corrected chi connectivity index (χ0v) is 24.2. The standard InChI is InChI=1S/C26H54N10O2/c1-5-7-9-11-21(3)31-25(37)33-23(27)29-13-15-35-17-19-36(20-18-35)16-14-30-24(28)34-26(38)32-22(4)12-10-8-6-2/h21-22H,5-20H2,1-4H3,(H4,27,29,31,33,37)(H4,28,30,32,34,38). The van der Waals surface area contributed by atoms with Crippen LogP contribution in [0.5, 0.6) is 0 Å². The number of carbonyl (C=O) groups is 2. The van der Waals surface area contributed by atoms with Gasteiger partial charge in [-0.25, -0.2) is 9.59 Å². The number of guanidine groups is 2. The molecule has 1 saturated heterocycles. The molecule has 1 aliphatic heterocycles. The minimum atomic E-state index is -0.306. The summed E-state index contributed by atoms with van der Waals surface area (Å²) in [5.41, 5.74) is 11.7.